The van der Waals surface area contributed by atoms with E-state index in [0.29, 0.717) is 13.0 Å². The van der Waals surface area contributed by atoms with Crippen LogP contribution in [0.4, 0.5) is 0 Å². The summed E-state index contributed by atoms with van der Waals surface area (Å²) in [4.78, 5) is 34.4. The number of H-pyrrole nitrogens is 1. The summed E-state index contributed by atoms with van der Waals surface area (Å²) >= 11 is 0. The van der Waals surface area contributed by atoms with Gasteiger partial charge in [0.15, 0.2) is 0 Å². The molecule has 3 heterocycles. The summed E-state index contributed by atoms with van der Waals surface area (Å²) in [6, 6.07) is 24.8. The van der Waals surface area contributed by atoms with E-state index in [9.17, 15) is 9.59 Å². The number of fused-ring (bicyclic) bond motifs is 4. The van der Waals surface area contributed by atoms with Gasteiger partial charge in [-0.3, -0.25) is 9.59 Å². The fraction of sp³-hybridized carbons (Fsp3) is 0.214. The lowest BCUT2D eigenvalue weighted by Crippen LogP contribution is -2.62. The van der Waals surface area contributed by atoms with Crippen LogP contribution in [0.2, 0.25) is 0 Å². The number of hydrogen-bond acceptors (Lipinski definition) is 3. The summed E-state index contributed by atoms with van der Waals surface area (Å²) in [5.74, 6) is 0.670. The number of benzene rings is 3. The van der Waals surface area contributed by atoms with Gasteiger partial charge in [0.2, 0.25) is 11.8 Å². The maximum Gasteiger partial charge on any atom is 0.246 e. The van der Waals surface area contributed by atoms with Gasteiger partial charge in [0.1, 0.15) is 18.3 Å². The molecule has 2 atom stereocenters. The van der Waals surface area contributed by atoms with Crippen molar-refractivity contribution in [1.29, 1.82) is 0 Å². The monoisotopic (exact) mass is 451 g/mol. The predicted molar refractivity (Wildman–Crippen MR) is 129 cm³/mol. The smallest absolute Gasteiger partial charge is 0.246 e. The molecule has 1 aromatic heterocycles. The van der Waals surface area contributed by atoms with E-state index in [4.69, 9.17) is 4.74 Å². The van der Waals surface area contributed by atoms with E-state index >= 15 is 0 Å². The maximum atomic E-state index is 13.8. The Kier molecular flexibility index (Phi) is 4.87. The lowest BCUT2D eigenvalue weighted by atomic mass is 9.86. The molecule has 4 aromatic rings. The molecule has 0 spiro atoms. The van der Waals surface area contributed by atoms with Crippen LogP contribution in [0.1, 0.15) is 28.4 Å². The number of carbonyl (C=O) groups is 2. The van der Waals surface area contributed by atoms with Gasteiger partial charge in [-0.05, 0) is 34.9 Å². The van der Waals surface area contributed by atoms with Crippen LogP contribution >= 0.6 is 0 Å². The van der Waals surface area contributed by atoms with Gasteiger partial charge in [-0.15, -0.1) is 0 Å². The van der Waals surface area contributed by atoms with Gasteiger partial charge in [0.25, 0.3) is 0 Å². The number of aromatic nitrogens is 1. The molecule has 0 saturated carbocycles. The van der Waals surface area contributed by atoms with Crippen LogP contribution in [0.25, 0.3) is 10.9 Å². The molecule has 0 bridgehead atoms. The molecular weight excluding hydrogens is 426 g/mol. The van der Waals surface area contributed by atoms with Crippen LogP contribution < -0.4 is 4.74 Å². The van der Waals surface area contributed by atoms with Crippen molar-refractivity contribution in [2.75, 3.05) is 13.7 Å². The Labute approximate surface area is 197 Å². The van der Waals surface area contributed by atoms with Crippen molar-refractivity contribution in [3.8, 4) is 5.75 Å². The fourth-order valence-electron chi connectivity index (χ4n) is 5.42. The normalized spacial score (nSPS) is 19.8. The maximum absolute atomic E-state index is 13.8. The zero-order valence-corrected chi connectivity index (χ0v) is 18.9. The van der Waals surface area contributed by atoms with Crippen LogP contribution in [0.5, 0.6) is 5.75 Å². The third-order valence-corrected chi connectivity index (χ3v) is 6.97. The number of methoxy groups -OCH3 is 1. The minimum Gasteiger partial charge on any atom is -0.497 e. The summed E-state index contributed by atoms with van der Waals surface area (Å²) in [6.07, 6.45) is 0.496. The number of rotatable bonds is 4. The van der Waals surface area contributed by atoms with E-state index in [1.54, 1.807) is 16.9 Å². The number of nitrogens with zero attached hydrogens (tertiary/aromatic N) is 2. The van der Waals surface area contributed by atoms with Gasteiger partial charge in [-0.2, -0.15) is 0 Å². The number of ether oxygens (including phenoxy) is 1. The van der Waals surface area contributed by atoms with E-state index in [1.807, 2.05) is 72.8 Å². The summed E-state index contributed by atoms with van der Waals surface area (Å²) in [7, 11) is 1.63. The van der Waals surface area contributed by atoms with Crippen molar-refractivity contribution in [1.82, 2.24) is 14.8 Å². The van der Waals surface area contributed by atoms with Gasteiger partial charge >= 0.3 is 0 Å². The minimum absolute atomic E-state index is 0.00715. The summed E-state index contributed by atoms with van der Waals surface area (Å²) in [6.45, 7) is 0.501. The molecule has 170 valence electrons. The van der Waals surface area contributed by atoms with Crippen molar-refractivity contribution >= 4 is 22.7 Å². The fourth-order valence-corrected chi connectivity index (χ4v) is 5.42. The zero-order chi connectivity index (χ0) is 23.2. The molecule has 6 nitrogen and oxygen atoms in total. The van der Waals surface area contributed by atoms with Gasteiger partial charge in [-0.1, -0.05) is 60.7 Å². The highest BCUT2D eigenvalue weighted by molar-refractivity contribution is 5.97. The molecule has 34 heavy (non-hydrogen) atoms. The molecule has 1 fully saturated rings. The third-order valence-electron chi connectivity index (χ3n) is 6.97. The van der Waals surface area contributed by atoms with Crippen molar-refractivity contribution in [2.24, 2.45) is 0 Å². The van der Waals surface area contributed by atoms with Gasteiger partial charge in [-0.25, -0.2) is 0 Å². The molecule has 2 aliphatic heterocycles. The van der Waals surface area contributed by atoms with E-state index in [0.717, 1.165) is 39.0 Å². The van der Waals surface area contributed by atoms with Crippen LogP contribution in [0.15, 0.2) is 78.9 Å². The standard InChI is InChI=1S/C28H25N3O3/c1-34-20-11-7-10-19(14-20)27-26-22(21-12-5-6-13-23(21)29-26)15-24-28(33)30(17-25(32)31(24)27)16-18-8-3-2-4-9-18/h2-14,24,27,29H,15-17H2,1H3. The highest BCUT2D eigenvalue weighted by atomic mass is 16.5. The molecule has 1 N–H and O–H groups in total. The molecule has 2 amide bonds. The van der Waals surface area contributed by atoms with Crippen molar-refractivity contribution < 1.29 is 14.3 Å². The Balaban J connectivity index is 1.47. The second kappa shape index (κ2) is 8.06. The summed E-state index contributed by atoms with van der Waals surface area (Å²) in [5, 5.41) is 1.10. The molecule has 3 aromatic carbocycles. The highest BCUT2D eigenvalue weighted by Gasteiger charge is 2.48. The Morgan fingerprint density at radius 2 is 1.76 bits per heavy atom. The van der Waals surface area contributed by atoms with E-state index < -0.39 is 6.04 Å². The lowest BCUT2D eigenvalue weighted by molar-refractivity contribution is -0.159. The Morgan fingerprint density at radius 3 is 2.59 bits per heavy atom. The molecule has 2 aliphatic rings. The topological polar surface area (TPSA) is 65.6 Å². The van der Waals surface area contributed by atoms with E-state index in [-0.39, 0.29) is 24.4 Å². The van der Waals surface area contributed by atoms with Crippen LogP contribution in [-0.4, -0.2) is 46.3 Å². The quantitative estimate of drug-likeness (QED) is 0.509. The summed E-state index contributed by atoms with van der Waals surface area (Å²) < 4.78 is 5.47. The first kappa shape index (κ1) is 20.5. The molecular formula is C28H25N3O3. The van der Waals surface area contributed by atoms with E-state index in [2.05, 4.69) is 11.1 Å². The number of carbonyl (C=O) groups excluding carboxylic acids is 2. The van der Waals surface area contributed by atoms with Gasteiger partial charge < -0.3 is 19.5 Å². The number of nitrogens with one attached hydrogen (secondary N) is 1. The van der Waals surface area contributed by atoms with E-state index in [1.165, 1.54) is 0 Å². The molecule has 6 rings (SSSR count). The number of hydrogen-bond donors (Lipinski definition) is 1. The molecule has 6 heteroatoms. The number of piperazine rings is 1. The second-order valence-corrected chi connectivity index (χ2v) is 8.94. The van der Waals surface area contributed by atoms with Crippen molar-refractivity contribution in [2.45, 2.75) is 25.0 Å². The van der Waals surface area contributed by atoms with Gasteiger partial charge in [0.05, 0.1) is 13.2 Å². The largest absolute Gasteiger partial charge is 0.497 e. The Bertz CT molecular complexity index is 1390. The average Bonchev–Trinajstić information content (AvgIpc) is 3.25. The van der Waals surface area contributed by atoms with Crippen LogP contribution in [0, 0.1) is 0 Å². The molecule has 2 unspecified atom stereocenters. The Hall–Kier alpha value is -4.06. The number of aromatic amines is 1. The third kappa shape index (κ3) is 3.25. The van der Waals surface area contributed by atoms with Crippen LogP contribution in [0.3, 0.4) is 0 Å². The Morgan fingerprint density at radius 1 is 0.971 bits per heavy atom. The second-order valence-electron chi connectivity index (χ2n) is 8.94. The first-order valence-electron chi connectivity index (χ1n) is 11.5. The van der Waals surface area contributed by atoms with Crippen molar-refractivity contribution in [3.63, 3.8) is 0 Å². The predicted octanol–water partition coefficient (Wildman–Crippen LogP) is 4.06. The first-order chi connectivity index (χ1) is 16.6. The summed E-state index contributed by atoms with van der Waals surface area (Å²) in [5.41, 5.74) is 5.04. The first-order valence-corrected chi connectivity index (χ1v) is 11.5. The van der Waals surface area contributed by atoms with Gasteiger partial charge in [0, 0.05) is 29.6 Å². The minimum atomic E-state index is -0.548. The van der Waals surface area contributed by atoms with Crippen molar-refractivity contribution in [3.05, 3.63) is 101 Å². The molecule has 0 aliphatic carbocycles. The molecule has 0 radical (unpaired) electrons. The number of para-hydroxylation sites is 1. The lowest BCUT2D eigenvalue weighted by Gasteiger charge is -2.47. The number of amides is 2. The van der Waals surface area contributed by atoms with Crippen LogP contribution in [-0.2, 0) is 22.6 Å². The highest BCUT2D eigenvalue weighted by Crippen LogP contribution is 2.43. The SMILES string of the molecule is COc1cccc(C2c3[nH]c4ccccc4c3CC3C(=O)N(Cc4ccccc4)CC(=O)N32)c1. The average molecular weight is 452 g/mol. The zero-order valence-electron chi connectivity index (χ0n) is 18.9. The molecule has 1 saturated heterocycles.